The molecule has 1 aromatic rings. The second-order valence-electron chi connectivity index (χ2n) is 6.22. The van der Waals surface area contributed by atoms with Gasteiger partial charge in [0, 0.05) is 38.6 Å². The molecule has 0 spiro atoms. The van der Waals surface area contributed by atoms with Crippen molar-refractivity contribution in [2.24, 2.45) is 4.99 Å². The molecule has 0 unspecified atom stereocenters. The van der Waals surface area contributed by atoms with E-state index in [9.17, 15) is 4.79 Å². The summed E-state index contributed by atoms with van der Waals surface area (Å²) < 4.78 is 10.1. The van der Waals surface area contributed by atoms with Crippen molar-refractivity contribution in [1.82, 2.24) is 15.5 Å². The SMILES string of the molecule is CCCCN=C(NCCc1ccco1)NC1CCN(C(=O)OC)CC1.I. The Morgan fingerprint density at radius 1 is 1.42 bits per heavy atom. The Labute approximate surface area is 173 Å². The number of carbonyl (C=O) groups excluding carboxylic acids is 1. The van der Waals surface area contributed by atoms with E-state index in [4.69, 9.17) is 9.15 Å². The van der Waals surface area contributed by atoms with Gasteiger partial charge in [-0.15, -0.1) is 24.0 Å². The summed E-state index contributed by atoms with van der Waals surface area (Å²) >= 11 is 0. The average Bonchev–Trinajstić information content (AvgIpc) is 3.15. The first-order valence-electron chi connectivity index (χ1n) is 9.13. The first-order valence-corrected chi connectivity index (χ1v) is 9.13. The molecule has 1 aliphatic heterocycles. The van der Waals surface area contributed by atoms with Gasteiger partial charge in [0.1, 0.15) is 5.76 Å². The van der Waals surface area contributed by atoms with Gasteiger partial charge in [-0.05, 0) is 31.4 Å². The molecule has 26 heavy (non-hydrogen) atoms. The predicted molar refractivity (Wildman–Crippen MR) is 113 cm³/mol. The molecule has 1 fully saturated rings. The minimum Gasteiger partial charge on any atom is -0.469 e. The second-order valence-corrected chi connectivity index (χ2v) is 6.22. The zero-order chi connectivity index (χ0) is 17.9. The van der Waals surface area contributed by atoms with Crippen molar-refractivity contribution in [3.8, 4) is 0 Å². The maximum absolute atomic E-state index is 11.6. The standard InChI is InChI=1S/C18H30N4O3.HI/c1-3-4-10-19-17(20-11-7-16-6-5-14-25-16)21-15-8-12-22(13-9-15)18(23)24-2;/h5-6,14-15H,3-4,7-13H2,1-2H3,(H2,19,20,21);1H. The van der Waals surface area contributed by atoms with Gasteiger partial charge >= 0.3 is 6.09 Å². The number of furan rings is 1. The Balaban J connectivity index is 0.00000338. The van der Waals surface area contributed by atoms with Crippen molar-refractivity contribution >= 4 is 36.0 Å². The number of carbonyl (C=O) groups is 1. The molecule has 0 bridgehead atoms. The zero-order valence-electron chi connectivity index (χ0n) is 15.7. The molecule has 1 saturated heterocycles. The number of hydrogen-bond donors (Lipinski definition) is 2. The highest BCUT2D eigenvalue weighted by atomic mass is 127. The van der Waals surface area contributed by atoms with E-state index >= 15 is 0 Å². The van der Waals surface area contributed by atoms with E-state index in [2.05, 4.69) is 22.5 Å². The minimum absolute atomic E-state index is 0. The number of guanidine groups is 1. The van der Waals surface area contributed by atoms with E-state index < -0.39 is 0 Å². The number of halogens is 1. The summed E-state index contributed by atoms with van der Waals surface area (Å²) in [5.41, 5.74) is 0. The first kappa shape index (κ1) is 22.6. The molecular formula is C18H31IN4O3. The summed E-state index contributed by atoms with van der Waals surface area (Å²) in [6, 6.07) is 4.20. The summed E-state index contributed by atoms with van der Waals surface area (Å²) in [5, 5.41) is 6.88. The van der Waals surface area contributed by atoms with Crippen LogP contribution in [0.5, 0.6) is 0 Å². The number of ether oxygens (including phenoxy) is 1. The van der Waals surface area contributed by atoms with Gasteiger partial charge in [-0.3, -0.25) is 4.99 Å². The smallest absolute Gasteiger partial charge is 0.409 e. The van der Waals surface area contributed by atoms with Crippen LogP contribution in [-0.4, -0.2) is 56.3 Å². The Morgan fingerprint density at radius 3 is 2.81 bits per heavy atom. The van der Waals surface area contributed by atoms with Crippen LogP contribution in [0.15, 0.2) is 27.8 Å². The summed E-state index contributed by atoms with van der Waals surface area (Å²) in [6.07, 6.45) is 6.25. The molecule has 1 aromatic heterocycles. The number of hydrogen-bond acceptors (Lipinski definition) is 4. The van der Waals surface area contributed by atoms with Crippen LogP contribution in [0.3, 0.4) is 0 Å². The van der Waals surface area contributed by atoms with Crippen LogP contribution in [0, 0.1) is 0 Å². The summed E-state index contributed by atoms with van der Waals surface area (Å²) in [5.74, 6) is 1.81. The topological polar surface area (TPSA) is 79.1 Å². The molecule has 1 aliphatic rings. The minimum atomic E-state index is -0.244. The summed E-state index contributed by atoms with van der Waals surface area (Å²) in [6.45, 7) is 5.16. The molecule has 2 N–H and O–H groups in total. The summed E-state index contributed by atoms with van der Waals surface area (Å²) in [4.78, 5) is 18.0. The lowest BCUT2D eigenvalue weighted by atomic mass is 10.1. The van der Waals surface area contributed by atoms with Gasteiger partial charge in [0.05, 0.1) is 13.4 Å². The van der Waals surface area contributed by atoms with Crippen LogP contribution in [0.4, 0.5) is 4.79 Å². The molecule has 7 nitrogen and oxygen atoms in total. The molecule has 0 aromatic carbocycles. The molecule has 2 rings (SSSR count). The number of rotatable bonds is 7. The van der Waals surface area contributed by atoms with Crippen molar-refractivity contribution in [2.75, 3.05) is 33.3 Å². The molecule has 1 amide bonds. The van der Waals surface area contributed by atoms with Gasteiger partial charge in [0.15, 0.2) is 5.96 Å². The third-order valence-electron chi connectivity index (χ3n) is 4.29. The van der Waals surface area contributed by atoms with Gasteiger partial charge in [-0.2, -0.15) is 0 Å². The van der Waals surface area contributed by atoms with Crippen molar-refractivity contribution in [2.45, 2.75) is 45.1 Å². The predicted octanol–water partition coefficient (Wildman–Crippen LogP) is 3.01. The maximum atomic E-state index is 11.6. The second kappa shape index (κ2) is 12.8. The highest BCUT2D eigenvalue weighted by molar-refractivity contribution is 14.0. The molecule has 148 valence electrons. The van der Waals surface area contributed by atoms with Gasteiger partial charge in [0.2, 0.25) is 0 Å². The number of aliphatic imine (C=N–C) groups is 1. The third kappa shape index (κ3) is 7.84. The number of nitrogens with zero attached hydrogens (tertiary/aromatic N) is 2. The van der Waals surface area contributed by atoms with Crippen molar-refractivity contribution in [3.63, 3.8) is 0 Å². The highest BCUT2D eigenvalue weighted by Gasteiger charge is 2.23. The quantitative estimate of drug-likeness (QED) is 0.273. The van der Waals surface area contributed by atoms with Crippen molar-refractivity contribution in [3.05, 3.63) is 24.2 Å². The van der Waals surface area contributed by atoms with E-state index in [1.165, 1.54) is 7.11 Å². The zero-order valence-corrected chi connectivity index (χ0v) is 18.0. The number of amides is 1. The van der Waals surface area contributed by atoms with Crippen LogP contribution < -0.4 is 10.6 Å². The van der Waals surface area contributed by atoms with E-state index in [0.717, 1.165) is 56.9 Å². The number of likely N-dealkylation sites (tertiary alicyclic amines) is 1. The van der Waals surface area contributed by atoms with Crippen LogP contribution in [0.1, 0.15) is 38.4 Å². The molecule has 2 heterocycles. The van der Waals surface area contributed by atoms with Gasteiger partial charge in [0.25, 0.3) is 0 Å². The monoisotopic (exact) mass is 478 g/mol. The van der Waals surface area contributed by atoms with E-state index in [1.807, 2.05) is 12.1 Å². The number of nitrogens with one attached hydrogen (secondary N) is 2. The lowest BCUT2D eigenvalue weighted by Crippen LogP contribution is -2.50. The fraction of sp³-hybridized carbons (Fsp3) is 0.667. The number of unbranched alkanes of at least 4 members (excludes halogenated alkanes) is 1. The molecule has 0 saturated carbocycles. The first-order chi connectivity index (χ1) is 12.2. The highest BCUT2D eigenvalue weighted by Crippen LogP contribution is 2.11. The maximum Gasteiger partial charge on any atom is 0.409 e. The molecule has 0 aliphatic carbocycles. The van der Waals surface area contributed by atoms with Gasteiger partial charge in [-0.25, -0.2) is 4.79 Å². The molecule has 0 atom stereocenters. The molecular weight excluding hydrogens is 447 g/mol. The van der Waals surface area contributed by atoms with Gasteiger partial charge < -0.3 is 24.7 Å². The molecule has 0 radical (unpaired) electrons. The van der Waals surface area contributed by atoms with Crippen molar-refractivity contribution < 1.29 is 13.9 Å². The van der Waals surface area contributed by atoms with E-state index in [1.54, 1.807) is 11.2 Å². The van der Waals surface area contributed by atoms with Gasteiger partial charge in [-0.1, -0.05) is 13.3 Å². The third-order valence-corrected chi connectivity index (χ3v) is 4.29. The fourth-order valence-corrected chi connectivity index (χ4v) is 2.79. The Hall–Kier alpha value is -1.45. The number of piperidine rings is 1. The van der Waals surface area contributed by atoms with Crippen LogP contribution >= 0.6 is 24.0 Å². The summed E-state index contributed by atoms with van der Waals surface area (Å²) in [7, 11) is 1.42. The lowest BCUT2D eigenvalue weighted by molar-refractivity contribution is 0.111. The lowest BCUT2D eigenvalue weighted by Gasteiger charge is -2.32. The molecule has 8 heteroatoms. The van der Waals surface area contributed by atoms with Crippen molar-refractivity contribution in [1.29, 1.82) is 0 Å². The fourth-order valence-electron chi connectivity index (χ4n) is 2.79. The normalized spacial score (nSPS) is 15.3. The van der Waals surface area contributed by atoms with E-state index in [0.29, 0.717) is 19.1 Å². The largest absolute Gasteiger partial charge is 0.469 e. The Bertz CT molecular complexity index is 529. The van der Waals surface area contributed by atoms with Crippen LogP contribution in [0.25, 0.3) is 0 Å². The van der Waals surface area contributed by atoms with Crippen LogP contribution in [-0.2, 0) is 11.2 Å². The Kier molecular flexibility index (Phi) is 11.1. The Morgan fingerprint density at radius 2 is 2.19 bits per heavy atom. The van der Waals surface area contributed by atoms with Crippen LogP contribution in [0.2, 0.25) is 0 Å². The van der Waals surface area contributed by atoms with E-state index in [-0.39, 0.29) is 30.1 Å². The number of methoxy groups -OCH3 is 1. The average molecular weight is 478 g/mol.